The van der Waals surface area contributed by atoms with Crippen LogP contribution < -0.4 is 17.2 Å². The van der Waals surface area contributed by atoms with Crippen molar-refractivity contribution in [3.63, 3.8) is 0 Å². The minimum atomic E-state index is -0.759. The number of piperazine rings is 1. The van der Waals surface area contributed by atoms with E-state index in [-0.39, 0.29) is 23.9 Å². The van der Waals surface area contributed by atoms with Crippen LogP contribution in [0.15, 0.2) is 41.9 Å². The van der Waals surface area contributed by atoms with Crippen molar-refractivity contribution in [3.05, 3.63) is 47.4 Å². The molecule has 1 aromatic rings. The molecule has 0 aliphatic carbocycles. The van der Waals surface area contributed by atoms with Gasteiger partial charge in [0.05, 0.1) is 5.70 Å². The van der Waals surface area contributed by atoms with Crippen molar-refractivity contribution in [1.82, 2.24) is 9.80 Å². The molecule has 1 aliphatic rings. The molecule has 9 nitrogen and oxygen atoms in total. The van der Waals surface area contributed by atoms with Crippen molar-refractivity contribution in [1.29, 1.82) is 0 Å². The summed E-state index contributed by atoms with van der Waals surface area (Å²) in [5.74, 6) is -0.421. The van der Waals surface area contributed by atoms with E-state index in [0.29, 0.717) is 56.0 Å². The zero-order valence-electron chi connectivity index (χ0n) is 18.5. The highest BCUT2D eigenvalue weighted by Gasteiger charge is 2.22. The first kappa shape index (κ1) is 24.9. The molecule has 2 rings (SSSR count). The van der Waals surface area contributed by atoms with E-state index >= 15 is 0 Å². The molecule has 0 saturated carbocycles. The maximum Gasteiger partial charge on any atom is 0.303 e. The Morgan fingerprint density at radius 3 is 2.03 bits per heavy atom. The Balaban J connectivity index is 1.82. The number of hydrogen-bond donors (Lipinski definition) is 5. The fraction of sp³-hybridized carbons (Fsp3) is 0.478. The van der Waals surface area contributed by atoms with Crippen LogP contribution in [0.4, 0.5) is 0 Å². The lowest BCUT2D eigenvalue weighted by Gasteiger charge is -2.37. The zero-order chi connectivity index (χ0) is 23.5. The Morgan fingerprint density at radius 2 is 1.44 bits per heavy atom. The van der Waals surface area contributed by atoms with Gasteiger partial charge in [-0.15, -0.1) is 0 Å². The number of hydrogen-bond acceptors (Lipinski definition) is 7. The third kappa shape index (κ3) is 7.72. The summed E-state index contributed by atoms with van der Waals surface area (Å²) >= 11 is 0. The molecule has 0 bridgehead atoms. The second kappa shape index (κ2) is 12.5. The molecule has 1 heterocycles. The lowest BCUT2D eigenvalue weighted by atomic mass is 10.1. The summed E-state index contributed by atoms with van der Waals surface area (Å²) in [6, 6.07) is 6.78. The van der Waals surface area contributed by atoms with Gasteiger partial charge in [-0.1, -0.05) is 31.4 Å². The molecule has 0 unspecified atom stereocenters. The molecule has 32 heavy (non-hydrogen) atoms. The highest BCUT2D eigenvalue weighted by Crippen LogP contribution is 2.23. The fourth-order valence-corrected chi connectivity index (χ4v) is 3.74. The van der Waals surface area contributed by atoms with Crippen molar-refractivity contribution in [2.75, 3.05) is 26.2 Å². The van der Waals surface area contributed by atoms with Gasteiger partial charge in [0.1, 0.15) is 11.6 Å². The van der Waals surface area contributed by atoms with E-state index in [9.17, 15) is 14.7 Å². The first-order valence-corrected chi connectivity index (χ1v) is 11.0. The van der Waals surface area contributed by atoms with E-state index in [4.69, 9.17) is 22.3 Å². The van der Waals surface area contributed by atoms with Crippen molar-refractivity contribution >= 4 is 17.6 Å². The number of para-hydroxylation sites is 1. The summed E-state index contributed by atoms with van der Waals surface area (Å²) in [4.78, 5) is 26.8. The summed E-state index contributed by atoms with van der Waals surface area (Å²) < 4.78 is 0. The van der Waals surface area contributed by atoms with Crippen LogP contribution in [-0.2, 0) is 9.59 Å². The number of phenolic OH excluding ortho intramolecular Hbond substituents is 1. The Kier molecular flexibility index (Phi) is 9.72. The number of carbonyl (C=O) groups excluding carboxylic acids is 1. The molecule has 1 aliphatic heterocycles. The van der Waals surface area contributed by atoms with Crippen LogP contribution in [0.5, 0.6) is 5.75 Å². The molecule has 1 fully saturated rings. The standard InChI is InChI=1S/C23H35N5O4/c24-18(17-8-6-7-9-20(17)29)16-19(23(25)26)27-12-14-28(15-13-27)21(30)10-4-2-1-3-5-11-22(31)32/h6-9,16,29H,1-5,10-15,24-26H2,(H,31,32)/b18-16-. The van der Waals surface area contributed by atoms with Crippen LogP contribution >= 0.6 is 0 Å². The monoisotopic (exact) mass is 445 g/mol. The van der Waals surface area contributed by atoms with Crippen molar-refractivity contribution in [2.24, 2.45) is 17.2 Å². The largest absolute Gasteiger partial charge is 0.507 e. The molecular weight excluding hydrogens is 410 g/mol. The molecule has 1 saturated heterocycles. The van der Waals surface area contributed by atoms with Crippen LogP contribution in [0.25, 0.3) is 5.70 Å². The SMILES string of the molecule is NC(N)=C(/C=C(\N)c1ccccc1O)N1CCN(C(=O)CCCCCCCC(=O)O)CC1. The quantitative estimate of drug-likeness (QED) is 0.254. The highest BCUT2D eigenvalue weighted by atomic mass is 16.4. The lowest BCUT2D eigenvalue weighted by Crippen LogP contribution is -2.48. The number of carboxylic acids is 1. The van der Waals surface area contributed by atoms with Gasteiger partial charge in [0.25, 0.3) is 0 Å². The molecule has 176 valence electrons. The lowest BCUT2D eigenvalue weighted by molar-refractivity contribution is -0.137. The molecule has 8 N–H and O–H groups in total. The predicted octanol–water partition coefficient (Wildman–Crippen LogP) is 1.74. The Labute approximate surface area is 189 Å². The van der Waals surface area contributed by atoms with Crippen LogP contribution in [0.3, 0.4) is 0 Å². The van der Waals surface area contributed by atoms with Crippen molar-refractivity contribution < 1.29 is 19.8 Å². The minimum absolute atomic E-state index is 0.0773. The summed E-state index contributed by atoms with van der Waals surface area (Å²) in [6.45, 7) is 2.30. The molecule has 9 heteroatoms. The van der Waals surface area contributed by atoms with Gasteiger partial charge >= 0.3 is 5.97 Å². The van der Waals surface area contributed by atoms with Crippen molar-refractivity contribution in [3.8, 4) is 5.75 Å². The molecular formula is C23H35N5O4. The van der Waals surface area contributed by atoms with Gasteiger partial charge in [0.15, 0.2) is 0 Å². The third-order valence-electron chi connectivity index (χ3n) is 5.56. The number of nitrogens with two attached hydrogens (primary N) is 3. The number of carbonyl (C=O) groups is 2. The van der Waals surface area contributed by atoms with Gasteiger partial charge in [0, 0.05) is 50.3 Å². The normalized spacial score (nSPS) is 14.3. The number of amides is 1. The predicted molar refractivity (Wildman–Crippen MR) is 124 cm³/mol. The maximum atomic E-state index is 12.5. The van der Waals surface area contributed by atoms with Gasteiger partial charge in [-0.3, -0.25) is 9.59 Å². The smallest absolute Gasteiger partial charge is 0.303 e. The summed E-state index contributed by atoms with van der Waals surface area (Å²) in [5.41, 5.74) is 19.4. The molecule has 0 radical (unpaired) electrons. The van der Waals surface area contributed by atoms with Gasteiger partial charge in [0.2, 0.25) is 5.91 Å². The Bertz CT molecular complexity index is 841. The van der Waals surface area contributed by atoms with E-state index in [2.05, 4.69) is 0 Å². The Morgan fingerprint density at radius 1 is 0.875 bits per heavy atom. The van der Waals surface area contributed by atoms with Gasteiger partial charge in [-0.2, -0.15) is 0 Å². The van der Waals surface area contributed by atoms with Crippen LogP contribution in [0, 0.1) is 0 Å². The second-order valence-corrected chi connectivity index (χ2v) is 7.99. The van der Waals surface area contributed by atoms with Crippen LogP contribution in [0.1, 0.15) is 50.5 Å². The number of rotatable bonds is 11. The van der Waals surface area contributed by atoms with Gasteiger partial charge in [-0.25, -0.2) is 0 Å². The number of phenols is 1. The van der Waals surface area contributed by atoms with Gasteiger partial charge in [-0.05, 0) is 31.1 Å². The number of allylic oxidation sites excluding steroid dienone is 1. The Hall–Kier alpha value is -3.36. The first-order valence-electron chi connectivity index (χ1n) is 11.0. The first-order chi connectivity index (χ1) is 15.3. The molecule has 1 aromatic carbocycles. The van der Waals surface area contributed by atoms with Gasteiger partial charge < -0.3 is 37.2 Å². The second-order valence-electron chi connectivity index (χ2n) is 7.99. The minimum Gasteiger partial charge on any atom is -0.507 e. The van der Waals surface area contributed by atoms with E-state index in [1.54, 1.807) is 30.3 Å². The third-order valence-corrected chi connectivity index (χ3v) is 5.56. The fourth-order valence-electron chi connectivity index (χ4n) is 3.74. The summed E-state index contributed by atoms with van der Waals surface area (Å²) in [6.07, 6.45) is 6.63. The van der Waals surface area contributed by atoms with E-state index in [1.165, 1.54) is 0 Å². The average molecular weight is 446 g/mol. The number of carboxylic acid groups (broad SMARTS) is 1. The summed E-state index contributed by atoms with van der Waals surface area (Å²) in [5, 5.41) is 18.6. The zero-order valence-corrected chi connectivity index (χ0v) is 18.5. The number of aromatic hydroxyl groups is 1. The number of benzene rings is 1. The van der Waals surface area contributed by atoms with Crippen LogP contribution in [-0.4, -0.2) is 58.1 Å². The average Bonchev–Trinajstić information content (AvgIpc) is 2.76. The molecule has 1 amide bonds. The topological polar surface area (TPSA) is 159 Å². The highest BCUT2D eigenvalue weighted by molar-refractivity contribution is 5.76. The maximum absolute atomic E-state index is 12.5. The van der Waals surface area contributed by atoms with Crippen LogP contribution in [0.2, 0.25) is 0 Å². The van der Waals surface area contributed by atoms with E-state index in [1.807, 2.05) is 9.80 Å². The molecule has 0 aromatic heterocycles. The number of unbranched alkanes of at least 4 members (excludes halogenated alkanes) is 4. The number of aliphatic carboxylic acids is 1. The summed E-state index contributed by atoms with van der Waals surface area (Å²) in [7, 11) is 0. The number of nitrogens with zero attached hydrogens (tertiary/aromatic N) is 2. The van der Waals surface area contributed by atoms with Crippen molar-refractivity contribution in [2.45, 2.75) is 44.9 Å². The van der Waals surface area contributed by atoms with E-state index < -0.39 is 5.97 Å². The molecule has 0 atom stereocenters. The molecule has 0 spiro atoms. The van der Waals surface area contributed by atoms with E-state index in [0.717, 1.165) is 25.7 Å².